The van der Waals surface area contributed by atoms with Crippen molar-refractivity contribution in [2.24, 2.45) is 0 Å². The predicted octanol–water partition coefficient (Wildman–Crippen LogP) is 1.05. The van der Waals surface area contributed by atoms with Crippen molar-refractivity contribution in [1.29, 1.82) is 0 Å². The second kappa shape index (κ2) is 4.69. The maximum absolute atomic E-state index is 9.47. The van der Waals surface area contributed by atoms with Crippen LogP contribution in [0.1, 0.15) is 5.56 Å². The molecule has 13 heavy (non-hydrogen) atoms. The van der Waals surface area contributed by atoms with Gasteiger partial charge >= 0.3 is 0 Å². The summed E-state index contributed by atoms with van der Waals surface area (Å²) in [5.41, 5.74) is 3.33. The lowest BCUT2D eigenvalue weighted by Gasteiger charge is -2.09. The third-order valence-corrected chi connectivity index (χ3v) is 1.72. The van der Waals surface area contributed by atoms with E-state index in [0.717, 1.165) is 0 Å². The number of phenols is 1. The zero-order valence-corrected chi connectivity index (χ0v) is 7.70. The molecule has 0 radical (unpaired) electrons. The largest absolute Gasteiger partial charge is 0.507 e. The van der Waals surface area contributed by atoms with Gasteiger partial charge < -0.3 is 14.7 Å². The number of aromatic hydroxyl groups is 1. The van der Waals surface area contributed by atoms with E-state index in [1.165, 1.54) is 7.11 Å². The van der Waals surface area contributed by atoms with Crippen LogP contribution in [-0.4, -0.2) is 19.3 Å². The van der Waals surface area contributed by atoms with E-state index >= 15 is 0 Å². The molecule has 2 N–H and O–H groups in total. The molecule has 0 atom stereocenters. The molecule has 4 nitrogen and oxygen atoms in total. The van der Waals surface area contributed by atoms with Crippen LogP contribution in [0, 0.1) is 0 Å². The molecular formula is C9H13NO3. The number of phenolic OH excluding ortho intramolecular Hbond substituents is 1. The average molecular weight is 183 g/mol. The van der Waals surface area contributed by atoms with Gasteiger partial charge in [-0.2, -0.15) is 5.48 Å². The molecule has 0 saturated heterocycles. The Morgan fingerprint density at radius 1 is 1.38 bits per heavy atom. The Balaban J connectivity index is 2.87. The molecule has 1 rings (SSSR count). The lowest BCUT2D eigenvalue weighted by Crippen LogP contribution is -2.11. The second-order valence-corrected chi connectivity index (χ2v) is 2.48. The Morgan fingerprint density at radius 3 is 2.77 bits per heavy atom. The highest BCUT2D eigenvalue weighted by Gasteiger charge is 2.06. The van der Waals surface area contributed by atoms with Gasteiger partial charge in [-0.3, -0.25) is 0 Å². The van der Waals surface area contributed by atoms with E-state index in [2.05, 4.69) is 10.3 Å². The minimum atomic E-state index is 0.198. The van der Waals surface area contributed by atoms with Crippen molar-refractivity contribution in [3.8, 4) is 11.5 Å². The van der Waals surface area contributed by atoms with Gasteiger partial charge in [0.2, 0.25) is 0 Å². The highest BCUT2D eigenvalue weighted by molar-refractivity contribution is 5.43. The monoisotopic (exact) mass is 183 g/mol. The molecular weight excluding hydrogens is 170 g/mol. The molecule has 0 aromatic heterocycles. The predicted molar refractivity (Wildman–Crippen MR) is 48.5 cm³/mol. The first kappa shape index (κ1) is 9.83. The Labute approximate surface area is 77.1 Å². The molecule has 0 aliphatic heterocycles. The number of hydrogen-bond donors (Lipinski definition) is 2. The van der Waals surface area contributed by atoms with Gasteiger partial charge in [0.05, 0.1) is 26.3 Å². The molecule has 0 spiro atoms. The van der Waals surface area contributed by atoms with Gasteiger partial charge in [0.1, 0.15) is 11.5 Å². The van der Waals surface area contributed by atoms with Gasteiger partial charge in [-0.1, -0.05) is 6.07 Å². The van der Waals surface area contributed by atoms with E-state index in [1.807, 2.05) is 0 Å². The minimum Gasteiger partial charge on any atom is -0.507 e. The molecule has 0 aliphatic rings. The van der Waals surface area contributed by atoms with Crippen molar-refractivity contribution in [2.75, 3.05) is 14.2 Å². The topological polar surface area (TPSA) is 50.7 Å². The standard InChI is InChI=1S/C9H13NO3/c1-12-9-5-3-4-8(11)7(9)6-10-13-2/h3-5,10-11H,6H2,1-2H3. The molecule has 1 aromatic rings. The Morgan fingerprint density at radius 2 is 2.15 bits per heavy atom. The molecule has 0 heterocycles. The maximum Gasteiger partial charge on any atom is 0.127 e. The molecule has 0 amide bonds. The van der Waals surface area contributed by atoms with Gasteiger partial charge in [0.25, 0.3) is 0 Å². The van der Waals surface area contributed by atoms with Gasteiger partial charge in [0.15, 0.2) is 0 Å². The number of hydroxylamine groups is 1. The first-order valence-electron chi connectivity index (χ1n) is 3.90. The summed E-state index contributed by atoms with van der Waals surface area (Å²) in [6.45, 7) is 0.409. The maximum atomic E-state index is 9.47. The van der Waals surface area contributed by atoms with Crippen LogP contribution in [0.15, 0.2) is 18.2 Å². The van der Waals surface area contributed by atoms with Gasteiger partial charge in [0, 0.05) is 0 Å². The molecule has 0 unspecified atom stereocenters. The minimum absolute atomic E-state index is 0.198. The first-order chi connectivity index (χ1) is 6.29. The van der Waals surface area contributed by atoms with Gasteiger partial charge in [-0.05, 0) is 12.1 Å². The van der Waals surface area contributed by atoms with E-state index < -0.39 is 0 Å². The smallest absolute Gasteiger partial charge is 0.127 e. The van der Waals surface area contributed by atoms with Crippen LogP contribution in [0.3, 0.4) is 0 Å². The SMILES string of the molecule is CONCc1c(O)cccc1OC. The summed E-state index contributed by atoms with van der Waals surface area (Å²) >= 11 is 0. The fourth-order valence-corrected chi connectivity index (χ4v) is 1.07. The van der Waals surface area contributed by atoms with E-state index in [9.17, 15) is 5.11 Å². The van der Waals surface area contributed by atoms with Crippen molar-refractivity contribution in [1.82, 2.24) is 5.48 Å². The Bertz CT molecular complexity index is 276. The summed E-state index contributed by atoms with van der Waals surface area (Å²) in [5, 5.41) is 9.47. The van der Waals surface area contributed by atoms with Crippen LogP contribution in [-0.2, 0) is 11.4 Å². The fraction of sp³-hybridized carbons (Fsp3) is 0.333. The van der Waals surface area contributed by atoms with Crippen molar-refractivity contribution in [3.05, 3.63) is 23.8 Å². The van der Waals surface area contributed by atoms with Crippen LogP contribution in [0.2, 0.25) is 0 Å². The molecule has 1 aromatic carbocycles. The van der Waals surface area contributed by atoms with Crippen molar-refractivity contribution >= 4 is 0 Å². The number of ether oxygens (including phenoxy) is 1. The van der Waals surface area contributed by atoms with Crippen LogP contribution in [0.25, 0.3) is 0 Å². The number of hydrogen-bond acceptors (Lipinski definition) is 4. The van der Waals surface area contributed by atoms with E-state index in [1.54, 1.807) is 25.3 Å². The van der Waals surface area contributed by atoms with E-state index in [4.69, 9.17) is 4.74 Å². The highest BCUT2D eigenvalue weighted by atomic mass is 16.6. The molecule has 72 valence electrons. The van der Waals surface area contributed by atoms with Gasteiger partial charge in [-0.15, -0.1) is 0 Å². The molecule has 0 fully saturated rings. The number of benzene rings is 1. The molecule has 4 heteroatoms. The number of rotatable bonds is 4. The van der Waals surface area contributed by atoms with Crippen LogP contribution < -0.4 is 10.2 Å². The zero-order valence-electron chi connectivity index (χ0n) is 7.70. The van der Waals surface area contributed by atoms with E-state index in [0.29, 0.717) is 17.9 Å². The van der Waals surface area contributed by atoms with Gasteiger partial charge in [-0.25, -0.2) is 0 Å². The third kappa shape index (κ3) is 2.34. The zero-order chi connectivity index (χ0) is 9.68. The summed E-state index contributed by atoms with van der Waals surface area (Å²) in [6, 6.07) is 5.12. The summed E-state index contributed by atoms with van der Waals surface area (Å²) in [5.74, 6) is 0.841. The molecule has 0 bridgehead atoms. The summed E-state index contributed by atoms with van der Waals surface area (Å²) in [4.78, 5) is 4.68. The first-order valence-corrected chi connectivity index (χ1v) is 3.90. The number of nitrogens with one attached hydrogen (secondary N) is 1. The summed E-state index contributed by atoms with van der Waals surface area (Å²) in [6.07, 6.45) is 0. The quantitative estimate of drug-likeness (QED) is 0.685. The van der Waals surface area contributed by atoms with Crippen molar-refractivity contribution in [2.45, 2.75) is 6.54 Å². The number of methoxy groups -OCH3 is 1. The summed E-state index contributed by atoms with van der Waals surface area (Å²) in [7, 11) is 3.08. The second-order valence-electron chi connectivity index (χ2n) is 2.48. The van der Waals surface area contributed by atoms with E-state index in [-0.39, 0.29) is 5.75 Å². The third-order valence-electron chi connectivity index (χ3n) is 1.72. The highest BCUT2D eigenvalue weighted by Crippen LogP contribution is 2.26. The lowest BCUT2D eigenvalue weighted by atomic mass is 10.2. The Kier molecular flexibility index (Phi) is 3.54. The molecule has 0 saturated carbocycles. The molecule has 0 aliphatic carbocycles. The average Bonchev–Trinajstić information content (AvgIpc) is 2.15. The summed E-state index contributed by atoms with van der Waals surface area (Å²) < 4.78 is 5.07. The van der Waals surface area contributed by atoms with Crippen LogP contribution in [0.5, 0.6) is 11.5 Å². The lowest BCUT2D eigenvalue weighted by molar-refractivity contribution is 0.0855. The van der Waals surface area contributed by atoms with Crippen molar-refractivity contribution in [3.63, 3.8) is 0 Å². The normalized spacial score (nSPS) is 10.0. The van der Waals surface area contributed by atoms with Crippen molar-refractivity contribution < 1.29 is 14.7 Å². The van der Waals surface area contributed by atoms with Crippen LogP contribution in [0.4, 0.5) is 0 Å². The fourth-order valence-electron chi connectivity index (χ4n) is 1.07. The Hall–Kier alpha value is -1.26. The van der Waals surface area contributed by atoms with Crippen LogP contribution >= 0.6 is 0 Å².